The van der Waals surface area contributed by atoms with Crippen molar-refractivity contribution in [2.24, 2.45) is 0 Å². The van der Waals surface area contributed by atoms with Gasteiger partial charge >= 0.3 is 0 Å². The van der Waals surface area contributed by atoms with E-state index in [1.165, 1.54) is 43.4 Å². The van der Waals surface area contributed by atoms with E-state index < -0.39 is 0 Å². The Balaban J connectivity index is 1.51. The van der Waals surface area contributed by atoms with Gasteiger partial charge in [0.2, 0.25) is 0 Å². The molecule has 1 aliphatic carbocycles. The van der Waals surface area contributed by atoms with Crippen LogP contribution in [0.3, 0.4) is 0 Å². The molecule has 1 aromatic carbocycles. The second kappa shape index (κ2) is 5.68. The fourth-order valence-corrected chi connectivity index (χ4v) is 4.17. The number of rotatable bonds is 4. The van der Waals surface area contributed by atoms with Gasteiger partial charge in [-0.2, -0.15) is 0 Å². The molecule has 1 aliphatic heterocycles. The van der Waals surface area contributed by atoms with E-state index in [0.29, 0.717) is 6.10 Å². The topological polar surface area (TPSA) is 26.3 Å². The maximum atomic E-state index is 10.6. The first-order valence-corrected chi connectivity index (χ1v) is 8.14. The van der Waals surface area contributed by atoms with Crippen molar-refractivity contribution in [2.75, 3.05) is 5.75 Å². The highest BCUT2D eigenvalue weighted by atomic mass is 32.2. The minimum absolute atomic E-state index is 0.243. The number of carbonyl (C=O) groups is 1. The molecular formula is C16H20O2S. The summed E-state index contributed by atoms with van der Waals surface area (Å²) < 4.78 is 6.30. The molecule has 1 aromatic rings. The molecule has 1 spiro atoms. The van der Waals surface area contributed by atoms with Gasteiger partial charge in [0.15, 0.2) is 0 Å². The Morgan fingerprint density at radius 3 is 2.63 bits per heavy atom. The van der Waals surface area contributed by atoms with Gasteiger partial charge in [-0.1, -0.05) is 25.0 Å². The van der Waals surface area contributed by atoms with Crippen molar-refractivity contribution in [3.8, 4) is 0 Å². The third-order valence-electron chi connectivity index (χ3n) is 4.31. The van der Waals surface area contributed by atoms with Crippen LogP contribution < -0.4 is 0 Å². The Kier molecular flexibility index (Phi) is 3.94. The number of hydrogen-bond acceptors (Lipinski definition) is 3. The molecule has 1 saturated heterocycles. The molecule has 2 aliphatic rings. The van der Waals surface area contributed by atoms with Crippen molar-refractivity contribution in [3.63, 3.8) is 0 Å². The maximum Gasteiger partial charge on any atom is 0.150 e. The molecule has 0 N–H and O–H groups in total. The van der Waals surface area contributed by atoms with Crippen molar-refractivity contribution in [3.05, 3.63) is 29.8 Å². The molecular weight excluding hydrogens is 256 g/mol. The molecule has 1 saturated carbocycles. The monoisotopic (exact) mass is 276 g/mol. The van der Waals surface area contributed by atoms with Crippen LogP contribution in [0.5, 0.6) is 0 Å². The lowest BCUT2D eigenvalue weighted by Gasteiger charge is -2.23. The van der Waals surface area contributed by atoms with Crippen molar-refractivity contribution in [2.45, 2.75) is 55.1 Å². The first-order valence-electron chi connectivity index (χ1n) is 7.16. The summed E-state index contributed by atoms with van der Waals surface area (Å²) >= 11 is 1.84. The van der Waals surface area contributed by atoms with Gasteiger partial charge < -0.3 is 4.74 Å². The third kappa shape index (κ3) is 3.03. The van der Waals surface area contributed by atoms with Gasteiger partial charge in [-0.15, -0.1) is 11.8 Å². The van der Waals surface area contributed by atoms with E-state index in [2.05, 4.69) is 0 Å². The molecule has 0 amide bonds. The van der Waals surface area contributed by atoms with Crippen LogP contribution in [-0.4, -0.2) is 23.7 Å². The SMILES string of the molecule is O=Cc1ccc(SCC2CCC3(CCCC3)O2)cc1. The minimum Gasteiger partial charge on any atom is -0.371 e. The van der Waals surface area contributed by atoms with Crippen molar-refractivity contribution in [1.29, 1.82) is 0 Å². The van der Waals surface area contributed by atoms with E-state index >= 15 is 0 Å². The highest BCUT2D eigenvalue weighted by molar-refractivity contribution is 7.99. The van der Waals surface area contributed by atoms with E-state index in [1.54, 1.807) is 0 Å². The normalized spacial score (nSPS) is 24.9. The maximum absolute atomic E-state index is 10.6. The summed E-state index contributed by atoms with van der Waals surface area (Å²) in [5.74, 6) is 1.03. The van der Waals surface area contributed by atoms with Crippen LogP contribution >= 0.6 is 11.8 Å². The fraction of sp³-hybridized carbons (Fsp3) is 0.562. The van der Waals surface area contributed by atoms with E-state index in [9.17, 15) is 4.79 Å². The summed E-state index contributed by atoms with van der Waals surface area (Å²) in [5.41, 5.74) is 0.985. The van der Waals surface area contributed by atoms with E-state index in [4.69, 9.17) is 4.74 Å². The molecule has 2 fully saturated rings. The van der Waals surface area contributed by atoms with Crippen molar-refractivity contribution < 1.29 is 9.53 Å². The average Bonchev–Trinajstić information content (AvgIpc) is 3.08. The molecule has 19 heavy (non-hydrogen) atoms. The smallest absolute Gasteiger partial charge is 0.150 e. The molecule has 3 heteroatoms. The molecule has 1 unspecified atom stereocenters. The van der Waals surface area contributed by atoms with Gasteiger partial charge in [-0.05, 0) is 37.8 Å². The summed E-state index contributed by atoms with van der Waals surface area (Å²) in [7, 11) is 0. The predicted molar refractivity (Wildman–Crippen MR) is 77.9 cm³/mol. The Bertz CT molecular complexity index is 435. The largest absolute Gasteiger partial charge is 0.371 e. The van der Waals surface area contributed by atoms with E-state index in [1.807, 2.05) is 36.0 Å². The van der Waals surface area contributed by atoms with Crippen LogP contribution in [0.15, 0.2) is 29.2 Å². The first-order chi connectivity index (χ1) is 9.30. The zero-order valence-corrected chi connectivity index (χ0v) is 12.0. The molecule has 102 valence electrons. The highest BCUT2D eigenvalue weighted by Crippen LogP contribution is 2.44. The van der Waals surface area contributed by atoms with Crippen LogP contribution in [0.2, 0.25) is 0 Å². The Labute approximate surface area is 118 Å². The Morgan fingerprint density at radius 2 is 1.95 bits per heavy atom. The third-order valence-corrected chi connectivity index (χ3v) is 5.45. The van der Waals surface area contributed by atoms with Gasteiger partial charge in [0.25, 0.3) is 0 Å². The number of thioether (sulfide) groups is 1. The highest BCUT2D eigenvalue weighted by Gasteiger charge is 2.41. The van der Waals surface area contributed by atoms with Crippen molar-refractivity contribution >= 4 is 18.0 Å². The molecule has 3 rings (SSSR count). The van der Waals surface area contributed by atoms with E-state index in [0.717, 1.165) is 17.6 Å². The zero-order chi connectivity index (χ0) is 13.1. The molecule has 0 aromatic heterocycles. The van der Waals surface area contributed by atoms with Gasteiger partial charge in [0, 0.05) is 16.2 Å². The predicted octanol–water partition coefficient (Wildman–Crippen LogP) is 4.08. The number of aldehydes is 1. The van der Waals surface area contributed by atoms with Crippen LogP contribution in [-0.2, 0) is 4.74 Å². The number of benzene rings is 1. The number of carbonyl (C=O) groups excluding carboxylic acids is 1. The van der Waals surface area contributed by atoms with Gasteiger partial charge in [0.1, 0.15) is 6.29 Å². The van der Waals surface area contributed by atoms with E-state index in [-0.39, 0.29) is 5.60 Å². The molecule has 0 bridgehead atoms. The lowest BCUT2D eigenvalue weighted by molar-refractivity contribution is -0.0267. The molecule has 2 nitrogen and oxygen atoms in total. The summed E-state index contributed by atoms with van der Waals surface area (Å²) in [6.07, 6.45) is 8.97. The zero-order valence-electron chi connectivity index (χ0n) is 11.1. The van der Waals surface area contributed by atoms with Gasteiger partial charge in [-0.25, -0.2) is 0 Å². The van der Waals surface area contributed by atoms with Gasteiger partial charge in [0.05, 0.1) is 11.7 Å². The number of hydrogen-bond donors (Lipinski definition) is 0. The Hall–Kier alpha value is -0.800. The van der Waals surface area contributed by atoms with Crippen molar-refractivity contribution in [1.82, 2.24) is 0 Å². The lowest BCUT2D eigenvalue weighted by atomic mass is 9.98. The summed E-state index contributed by atoms with van der Waals surface area (Å²) in [5, 5.41) is 0. The van der Waals surface area contributed by atoms with Crippen LogP contribution in [0.1, 0.15) is 48.9 Å². The second-order valence-corrected chi connectivity index (χ2v) is 6.76. The Morgan fingerprint density at radius 1 is 1.21 bits per heavy atom. The standard InChI is InChI=1S/C16H20O2S/c17-11-13-3-5-15(6-4-13)19-12-14-7-10-16(18-14)8-1-2-9-16/h3-6,11,14H,1-2,7-10,12H2. The average molecular weight is 276 g/mol. The fourth-order valence-electron chi connectivity index (χ4n) is 3.23. The first kappa shape index (κ1) is 13.2. The quantitative estimate of drug-likeness (QED) is 0.612. The number of ether oxygens (including phenoxy) is 1. The minimum atomic E-state index is 0.243. The van der Waals surface area contributed by atoms with Gasteiger partial charge in [-0.3, -0.25) is 4.79 Å². The molecule has 0 radical (unpaired) electrons. The summed E-state index contributed by atoms with van der Waals surface area (Å²) in [4.78, 5) is 11.8. The molecule has 1 heterocycles. The van der Waals surface area contributed by atoms with Crippen LogP contribution in [0.4, 0.5) is 0 Å². The summed E-state index contributed by atoms with van der Waals surface area (Å²) in [6, 6.07) is 7.80. The lowest BCUT2D eigenvalue weighted by Crippen LogP contribution is -2.25. The molecule has 1 atom stereocenters. The van der Waals surface area contributed by atoms with Crippen LogP contribution in [0, 0.1) is 0 Å². The van der Waals surface area contributed by atoms with Crippen LogP contribution in [0.25, 0.3) is 0 Å². The summed E-state index contributed by atoms with van der Waals surface area (Å²) in [6.45, 7) is 0. The second-order valence-electron chi connectivity index (χ2n) is 5.67.